The zero-order valence-corrected chi connectivity index (χ0v) is 17.6. The van der Waals surface area contributed by atoms with Crippen molar-refractivity contribution in [2.45, 2.75) is 0 Å². The minimum absolute atomic E-state index is 0.0426. The van der Waals surface area contributed by atoms with Gasteiger partial charge >= 0.3 is 0 Å². The molecule has 29 heavy (non-hydrogen) atoms. The molecule has 3 aromatic rings. The van der Waals surface area contributed by atoms with Gasteiger partial charge in [-0.2, -0.15) is 0 Å². The number of methoxy groups -OCH3 is 3. The third-order valence-electron chi connectivity index (χ3n) is 3.34. The van der Waals surface area contributed by atoms with Crippen LogP contribution in [0.25, 0.3) is 0 Å². The van der Waals surface area contributed by atoms with Crippen LogP contribution in [0.3, 0.4) is 0 Å². The van der Waals surface area contributed by atoms with Crippen molar-refractivity contribution in [2.24, 2.45) is 0 Å². The maximum absolute atomic E-state index is 9.02. The van der Waals surface area contributed by atoms with Gasteiger partial charge in [0.15, 0.2) is 0 Å². The summed E-state index contributed by atoms with van der Waals surface area (Å²) in [5.74, 6) is 2.19. The molecule has 3 aromatic carbocycles. The number of halogens is 2. The normalized spacial score (nSPS) is 9.28. The van der Waals surface area contributed by atoms with Gasteiger partial charge in [0.2, 0.25) is 0 Å². The van der Waals surface area contributed by atoms with Gasteiger partial charge in [0.1, 0.15) is 34.5 Å². The number of rotatable bonds is 3. The molecule has 3 rings (SSSR count). The highest BCUT2D eigenvalue weighted by molar-refractivity contribution is 6.32. The van der Waals surface area contributed by atoms with Crippen molar-refractivity contribution in [2.75, 3.05) is 21.3 Å². The molecular weight excluding hydrogens is 419 g/mol. The van der Waals surface area contributed by atoms with E-state index in [9.17, 15) is 0 Å². The van der Waals surface area contributed by atoms with Gasteiger partial charge in [-0.1, -0.05) is 29.3 Å². The Labute approximate surface area is 179 Å². The van der Waals surface area contributed by atoms with Gasteiger partial charge < -0.3 is 29.5 Å². The van der Waals surface area contributed by atoms with E-state index in [-0.39, 0.29) is 17.2 Å². The first kappa shape index (κ1) is 24.1. The van der Waals surface area contributed by atoms with Crippen LogP contribution in [0.1, 0.15) is 0 Å². The van der Waals surface area contributed by atoms with Crippen molar-refractivity contribution in [1.29, 1.82) is 0 Å². The summed E-state index contributed by atoms with van der Waals surface area (Å²) in [5, 5.41) is 27.6. The highest BCUT2D eigenvalue weighted by Gasteiger charge is 1.99. The first-order valence-electron chi connectivity index (χ1n) is 8.18. The first-order valence-corrected chi connectivity index (χ1v) is 8.94. The van der Waals surface area contributed by atoms with Crippen LogP contribution >= 0.6 is 23.2 Å². The topological polar surface area (TPSA) is 88.4 Å². The van der Waals surface area contributed by atoms with E-state index in [2.05, 4.69) is 0 Å². The van der Waals surface area contributed by atoms with Gasteiger partial charge in [0.25, 0.3) is 0 Å². The summed E-state index contributed by atoms with van der Waals surface area (Å²) in [6.45, 7) is 0. The molecule has 6 nitrogen and oxygen atoms in total. The van der Waals surface area contributed by atoms with Crippen molar-refractivity contribution in [3.8, 4) is 34.5 Å². The van der Waals surface area contributed by atoms with E-state index in [1.807, 2.05) is 0 Å². The molecule has 0 amide bonds. The first-order chi connectivity index (χ1) is 13.8. The molecule has 0 spiro atoms. The molecule has 0 saturated carbocycles. The molecule has 8 heteroatoms. The lowest BCUT2D eigenvalue weighted by Gasteiger charge is -2.01. The predicted octanol–water partition coefficient (Wildman–Crippen LogP) is 5.51. The zero-order valence-electron chi connectivity index (χ0n) is 16.1. The summed E-state index contributed by atoms with van der Waals surface area (Å²) in [6.07, 6.45) is 0. The minimum Gasteiger partial charge on any atom is -0.508 e. The molecule has 0 atom stereocenters. The van der Waals surface area contributed by atoms with Crippen molar-refractivity contribution < 1.29 is 29.5 Å². The SMILES string of the molecule is COc1cc(O)ccc1Cl.COc1ccc(Cl)c(O)c1.COc1cccc(O)c1. The monoisotopic (exact) mass is 440 g/mol. The van der Waals surface area contributed by atoms with E-state index in [0.29, 0.717) is 27.3 Å². The van der Waals surface area contributed by atoms with Gasteiger partial charge in [-0.3, -0.25) is 0 Å². The van der Waals surface area contributed by atoms with Crippen LogP contribution in [-0.4, -0.2) is 36.6 Å². The lowest BCUT2D eigenvalue weighted by molar-refractivity contribution is 0.407. The van der Waals surface area contributed by atoms with Crippen LogP contribution in [0.5, 0.6) is 34.5 Å². The molecule has 0 unspecified atom stereocenters. The molecular formula is C21H22Cl2O6. The number of phenolic OH excluding ortho intramolecular Hbond substituents is 3. The molecule has 0 aromatic heterocycles. The number of phenols is 3. The fraction of sp³-hybridized carbons (Fsp3) is 0.143. The van der Waals surface area contributed by atoms with Crippen LogP contribution in [-0.2, 0) is 0 Å². The quantitative estimate of drug-likeness (QED) is 0.497. The third-order valence-corrected chi connectivity index (χ3v) is 3.97. The largest absolute Gasteiger partial charge is 0.508 e. The third kappa shape index (κ3) is 8.72. The van der Waals surface area contributed by atoms with Crippen molar-refractivity contribution >= 4 is 23.2 Å². The van der Waals surface area contributed by atoms with Crippen LogP contribution < -0.4 is 14.2 Å². The minimum atomic E-state index is 0.0426. The number of aromatic hydroxyl groups is 3. The Bertz CT molecular complexity index is 902. The van der Waals surface area contributed by atoms with E-state index in [1.165, 1.54) is 32.4 Å². The van der Waals surface area contributed by atoms with E-state index in [1.54, 1.807) is 49.6 Å². The molecule has 0 radical (unpaired) electrons. The predicted molar refractivity (Wildman–Crippen MR) is 114 cm³/mol. The molecule has 0 fully saturated rings. The van der Waals surface area contributed by atoms with Gasteiger partial charge in [0.05, 0.1) is 31.4 Å². The van der Waals surface area contributed by atoms with Crippen molar-refractivity contribution in [1.82, 2.24) is 0 Å². The van der Waals surface area contributed by atoms with Gasteiger partial charge in [-0.25, -0.2) is 0 Å². The zero-order chi connectivity index (χ0) is 21.8. The van der Waals surface area contributed by atoms with E-state index >= 15 is 0 Å². The lowest BCUT2D eigenvalue weighted by atomic mass is 10.3. The molecule has 3 N–H and O–H groups in total. The molecule has 156 valence electrons. The highest BCUT2D eigenvalue weighted by atomic mass is 35.5. The maximum atomic E-state index is 9.02. The molecule has 0 aliphatic carbocycles. The fourth-order valence-electron chi connectivity index (χ4n) is 1.88. The second-order valence-corrected chi connectivity index (χ2v) is 6.15. The maximum Gasteiger partial charge on any atom is 0.141 e. The number of benzene rings is 3. The Balaban J connectivity index is 0.000000218. The number of hydrogen-bond acceptors (Lipinski definition) is 6. The Morgan fingerprint density at radius 2 is 1.21 bits per heavy atom. The average Bonchev–Trinajstić information content (AvgIpc) is 2.72. The second kappa shape index (κ2) is 12.5. The Morgan fingerprint density at radius 1 is 0.621 bits per heavy atom. The highest BCUT2D eigenvalue weighted by Crippen LogP contribution is 2.28. The van der Waals surface area contributed by atoms with Crippen LogP contribution in [0, 0.1) is 0 Å². The Hall–Kier alpha value is -2.96. The van der Waals surface area contributed by atoms with Crippen LogP contribution in [0.15, 0.2) is 60.7 Å². The van der Waals surface area contributed by atoms with Crippen molar-refractivity contribution in [3.05, 3.63) is 70.7 Å². The van der Waals surface area contributed by atoms with Gasteiger partial charge in [-0.05, 0) is 36.4 Å². The van der Waals surface area contributed by atoms with Crippen molar-refractivity contribution in [3.63, 3.8) is 0 Å². The lowest BCUT2D eigenvalue weighted by Crippen LogP contribution is -1.82. The van der Waals surface area contributed by atoms with Crippen LogP contribution in [0.4, 0.5) is 0 Å². The number of hydrogen-bond donors (Lipinski definition) is 3. The fourth-order valence-corrected chi connectivity index (χ4v) is 2.19. The second-order valence-electron chi connectivity index (χ2n) is 5.34. The van der Waals surface area contributed by atoms with E-state index in [0.717, 1.165) is 0 Å². The van der Waals surface area contributed by atoms with E-state index in [4.69, 9.17) is 52.7 Å². The number of ether oxygens (including phenoxy) is 3. The van der Waals surface area contributed by atoms with Crippen LogP contribution in [0.2, 0.25) is 10.0 Å². The van der Waals surface area contributed by atoms with Gasteiger partial charge in [0, 0.05) is 18.2 Å². The summed E-state index contributed by atoms with van der Waals surface area (Å²) >= 11 is 11.2. The van der Waals surface area contributed by atoms with E-state index < -0.39 is 0 Å². The summed E-state index contributed by atoms with van der Waals surface area (Å²) in [4.78, 5) is 0. The standard InChI is InChI=1S/2C7H7ClO2.C7H8O2/c1-10-5-2-3-6(8)7(9)4-5;1-10-7-4-5(9)2-3-6(7)8;1-9-7-4-2-3-6(8)5-7/h2*2-4,9H,1H3;2-5,8H,1H3. The molecule has 0 heterocycles. The Kier molecular flexibility index (Phi) is 10.4. The average molecular weight is 441 g/mol. The molecule has 0 saturated heterocycles. The summed E-state index contributed by atoms with van der Waals surface area (Å²) in [7, 11) is 4.60. The summed E-state index contributed by atoms with van der Waals surface area (Å²) in [5.41, 5.74) is 0. The summed E-state index contributed by atoms with van der Waals surface area (Å²) in [6, 6.07) is 15.9. The smallest absolute Gasteiger partial charge is 0.141 e. The molecule has 0 aliphatic heterocycles. The molecule has 0 aliphatic rings. The summed E-state index contributed by atoms with van der Waals surface area (Å²) < 4.78 is 14.5. The molecule has 0 bridgehead atoms. The Morgan fingerprint density at radius 3 is 1.69 bits per heavy atom. The van der Waals surface area contributed by atoms with Gasteiger partial charge in [-0.15, -0.1) is 0 Å².